The van der Waals surface area contributed by atoms with E-state index in [0.29, 0.717) is 12.8 Å². The van der Waals surface area contributed by atoms with Crippen molar-refractivity contribution in [2.75, 3.05) is 6.54 Å². The molecule has 0 N–H and O–H groups in total. The van der Waals surface area contributed by atoms with Crippen molar-refractivity contribution >= 4 is 13.1 Å². The molecular formula is C11H20BF3NO2-. The summed E-state index contributed by atoms with van der Waals surface area (Å²) in [4.78, 5) is 12.7. The summed E-state index contributed by atoms with van der Waals surface area (Å²) in [5, 5.41) is 0. The maximum absolute atomic E-state index is 13.0. The van der Waals surface area contributed by atoms with Gasteiger partial charge in [0.1, 0.15) is 5.60 Å². The molecule has 1 rings (SSSR count). The first-order chi connectivity index (χ1) is 8.11. The van der Waals surface area contributed by atoms with E-state index in [1.165, 1.54) is 0 Å². The van der Waals surface area contributed by atoms with Crippen LogP contribution in [-0.4, -0.2) is 36.1 Å². The Balaban J connectivity index is 2.83. The molecule has 0 saturated carbocycles. The number of carbonyl (C=O) groups excluding carboxylic acids is 1. The summed E-state index contributed by atoms with van der Waals surface area (Å²) < 4.78 is 44.0. The summed E-state index contributed by atoms with van der Waals surface area (Å²) in [7, 11) is 0. The fourth-order valence-electron chi connectivity index (χ4n) is 2.07. The number of rotatable bonds is 1. The van der Waals surface area contributed by atoms with Crippen molar-refractivity contribution < 1.29 is 22.5 Å². The van der Waals surface area contributed by atoms with Crippen molar-refractivity contribution in [1.82, 2.24) is 4.90 Å². The van der Waals surface area contributed by atoms with Gasteiger partial charge in [-0.15, -0.1) is 0 Å². The highest BCUT2D eigenvalue weighted by molar-refractivity contribution is 6.60. The van der Waals surface area contributed by atoms with Crippen LogP contribution in [-0.2, 0) is 4.74 Å². The predicted octanol–water partition coefficient (Wildman–Crippen LogP) is 3.55. The Morgan fingerprint density at radius 1 is 1.22 bits per heavy atom. The quantitative estimate of drug-likeness (QED) is 0.679. The van der Waals surface area contributed by atoms with E-state index in [2.05, 4.69) is 0 Å². The van der Waals surface area contributed by atoms with Gasteiger partial charge in [-0.1, -0.05) is 19.3 Å². The molecule has 1 saturated heterocycles. The second-order valence-electron chi connectivity index (χ2n) is 5.72. The zero-order chi connectivity index (χ0) is 14.0. The van der Waals surface area contributed by atoms with E-state index in [-0.39, 0.29) is 13.0 Å². The number of carbonyl (C=O) groups is 1. The van der Waals surface area contributed by atoms with E-state index in [4.69, 9.17) is 4.74 Å². The van der Waals surface area contributed by atoms with Gasteiger partial charge in [-0.2, -0.15) is 0 Å². The number of likely N-dealkylation sites (tertiary alicyclic amines) is 1. The van der Waals surface area contributed by atoms with Crippen LogP contribution in [0.25, 0.3) is 0 Å². The fourth-order valence-corrected chi connectivity index (χ4v) is 2.07. The Hall–Kier alpha value is -0.875. The molecule has 1 fully saturated rings. The Labute approximate surface area is 106 Å². The smallest absolute Gasteiger partial charge is 0.448 e. The van der Waals surface area contributed by atoms with E-state index >= 15 is 0 Å². The maximum Gasteiger partial charge on any atom is 0.500 e. The average molecular weight is 266 g/mol. The summed E-state index contributed by atoms with van der Waals surface area (Å²) in [5.41, 5.74) is -0.771. The first-order valence-corrected chi connectivity index (χ1v) is 6.31. The van der Waals surface area contributed by atoms with Gasteiger partial charge in [-0.3, -0.25) is 0 Å². The molecule has 3 nitrogen and oxygen atoms in total. The molecule has 106 valence electrons. The van der Waals surface area contributed by atoms with Gasteiger partial charge in [0.05, 0.1) is 0 Å². The number of ether oxygens (including phenoxy) is 1. The van der Waals surface area contributed by atoms with E-state index in [1.54, 1.807) is 20.8 Å². The summed E-state index contributed by atoms with van der Waals surface area (Å²) in [6, 6.07) is 0. The largest absolute Gasteiger partial charge is 0.500 e. The lowest BCUT2D eigenvalue weighted by Crippen LogP contribution is -2.52. The van der Waals surface area contributed by atoms with E-state index in [1.807, 2.05) is 0 Å². The molecule has 1 unspecified atom stereocenters. The summed E-state index contributed by atoms with van der Waals surface area (Å²) in [6.07, 6.45) is 0.964. The third kappa shape index (κ3) is 4.42. The number of nitrogens with zero attached hydrogens (tertiary/aromatic N) is 1. The first-order valence-electron chi connectivity index (χ1n) is 6.31. The normalized spacial score (nSPS) is 22.6. The van der Waals surface area contributed by atoms with Crippen LogP contribution < -0.4 is 0 Å². The highest BCUT2D eigenvalue weighted by Crippen LogP contribution is 2.28. The standard InChI is InChI=1S/C11H20BF3NO2/c1-11(2,3)18-10(17)16-8-6-4-5-7-9(16)12(13,14)15/h9H,4-8H2,1-3H3/q-1. The predicted molar refractivity (Wildman–Crippen MR) is 64.3 cm³/mol. The van der Waals surface area contributed by atoms with Crippen LogP contribution >= 0.6 is 0 Å². The van der Waals surface area contributed by atoms with Crippen LogP contribution in [0.5, 0.6) is 0 Å². The van der Waals surface area contributed by atoms with Crippen molar-refractivity contribution in [3.05, 3.63) is 0 Å². The van der Waals surface area contributed by atoms with Crippen LogP contribution in [0.1, 0.15) is 46.5 Å². The Morgan fingerprint density at radius 2 is 1.83 bits per heavy atom. The molecule has 0 aliphatic carbocycles. The van der Waals surface area contributed by atoms with Crippen molar-refractivity contribution in [3.63, 3.8) is 0 Å². The van der Waals surface area contributed by atoms with Gasteiger partial charge < -0.3 is 22.6 Å². The van der Waals surface area contributed by atoms with Crippen molar-refractivity contribution in [2.45, 2.75) is 58.0 Å². The number of hydrogen-bond donors (Lipinski definition) is 0. The topological polar surface area (TPSA) is 29.5 Å². The van der Waals surface area contributed by atoms with Gasteiger partial charge >= 0.3 is 13.1 Å². The molecule has 18 heavy (non-hydrogen) atoms. The molecule has 0 radical (unpaired) electrons. The lowest BCUT2D eigenvalue weighted by atomic mass is 9.76. The first kappa shape index (κ1) is 15.2. The number of amides is 1. The van der Waals surface area contributed by atoms with Crippen LogP contribution in [0.2, 0.25) is 0 Å². The van der Waals surface area contributed by atoms with Gasteiger partial charge in [0, 0.05) is 12.5 Å². The van der Waals surface area contributed by atoms with Crippen LogP contribution in [0, 0.1) is 0 Å². The van der Waals surface area contributed by atoms with E-state index < -0.39 is 24.6 Å². The van der Waals surface area contributed by atoms with Crippen molar-refractivity contribution in [3.8, 4) is 0 Å². The average Bonchev–Trinajstić information content (AvgIpc) is 2.37. The van der Waals surface area contributed by atoms with Crippen molar-refractivity contribution in [2.24, 2.45) is 0 Å². The van der Waals surface area contributed by atoms with E-state index in [0.717, 1.165) is 11.3 Å². The Kier molecular flexibility index (Phi) is 4.56. The second-order valence-corrected chi connectivity index (χ2v) is 5.72. The second kappa shape index (κ2) is 5.40. The van der Waals surface area contributed by atoms with Crippen LogP contribution in [0.3, 0.4) is 0 Å². The molecule has 7 heteroatoms. The minimum absolute atomic E-state index is 0.0112. The minimum atomic E-state index is -5.05. The van der Waals surface area contributed by atoms with Crippen LogP contribution in [0.15, 0.2) is 0 Å². The van der Waals surface area contributed by atoms with Gasteiger partial charge in [0.2, 0.25) is 0 Å². The van der Waals surface area contributed by atoms with E-state index in [9.17, 15) is 17.7 Å². The lowest BCUT2D eigenvalue weighted by Gasteiger charge is -2.37. The molecule has 1 aliphatic heterocycles. The summed E-state index contributed by atoms with van der Waals surface area (Å²) >= 11 is 0. The fraction of sp³-hybridized carbons (Fsp3) is 0.909. The monoisotopic (exact) mass is 266 g/mol. The molecule has 1 aliphatic rings. The molecule has 0 aromatic rings. The molecule has 1 atom stereocenters. The van der Waals surface area contributed by atoms with Gasteiger partial charge in [-0.25, -0.2) is 4.79 Å². The highest BCUT2D eigenvalue weighted by Gasteiger charge is 2.42. The van der Waals surface area contributed by atoms with Crippen LogP contribution in [0.4, 0.5) is 17.7 Å². The SMILES string of the molecule is CC(C)(C)OC(=O)N1CCCCCC1[B-](F)(F)F. The molecule has 1 heterocycles. The number of halogens is 3. The third-order valence-corrected chi connectivity index (χ3v) is 2.86. The summed E-state index contributed by atoms with van der Waals surface area (Å²) in [6.45, 7) is 0.0213. The Bertz CT molecular complexity index is 302. The molecule has 1 amide bonds. The van der Waals surface area contributed by atoms with Gasteiger partial charge in [-0.05, 0) is 27.2 Å². The minimum Gasteiger partial charge on any atom is -0.448 e. The molecule has 0 aromatic carbocycles. The maximum atomic E-state index is 13.0. The Morgan fingerprint density at radius 3 is 2.33 bits per heavy atom. The number of hydrogen-bond acceptors (Lipinski definition) is 2. The molecule has 0 bridgehead atoms. The molecule has 0 aromatic heterocycles. The molecule has 0 spiro atoms. The molecular weight excluding hydrogens is 246 g/mol. The highest BCUT2D eigenvalue weighted by atomic mass is 19.4. The third-order valence-electron chi connectivity index (χ3n) is 2.86. The van der Waals surface area contributed by atoms with Gasteiger partial charge in [0.15, 0.2) is 0 Å². The lowest BCUT2D eigenvalue weighted by molar-refractivity contribution is 0.0195. The van der Waals surface area contributed by atoms with Gasteiger partial charge in [0.25, 0.3) is 0 Å². The zero-order valence-electron chi connectivity index (χ0n) is 11.1. The van der Waals surface area contributed by atoms with Crippen molar-refractivity contribution in [1.29, 1.82) is 0 Å². The zero-order valence-corrected chi connectivity index (χ0v) is 11.1. The summed E-state index contributed by atoms with van der Waals surface area (Å²) in [5.74, 6) is -1.65.